The molecule has 0 atom stereocenters. The van der Waals surface area contributed by atoms with E-state index in [1.165, 1.54) is 4.31 Å². The lowest BCUT2D eigenvalue weighted by molar-refractivity contribution is 0.288. The monoisotopic (exact) mass is 254 g/mol. The highest BCUT2D eigenvalue weighted by atomic mass is 32.2. The van der Waals surface area contributed by atoms with Crippen LogP contribution in [0.4, 0.5) is 5.69 Å². The van der Waals surface area contributed by atoms with E-state index in [1.807, 2.05) is 12.1 Å². The number of benzene rings is 1. The van der Waals surface area contributed by atoms with Crippen molar-refractivity contribution < 1.29 is 13.2 Å². The van der Waals surface area contributed by atoms with Crippen molar-refractivity contribution >= 4 is 15.9 Å². The lowest BCUT2D eigenvalue weighted by atomic mass is 10.1. The van der Waals surface area contributed by atoms with Crippen molar-refractivity contribution in [1.82, 2.24) is 4.31 Å². The van der Waals surface area contributed by atoms with E-state index >= 15 is 0 Å². The highest BCUT2D eigenvalue weighted by Gasteiger charge is 2.31. The number of aryl methyl sites for hydroxylation is 1. The number of nitrogens with one attached hydrogen (secondary N) is 1. The lowest BCUT2D eigenvalue weighted by Crippen LogP contribution is -2.21. The van der Waals surface area contributed by atoms with Crippen LogP contribution in [0.1, 0.15) is 12.0 Å². The highest BCUT2D eigenvalue weighted by Crippen LogP contribution is 2.28. The molecule has 2 aliphatic rings. The maximum Gasteiger partial charge on any atom is 0.301 e. The Kier molecular flexibility index (Phi) is 2.48. The molecule has 17 heavy (non-hydrogen) atoms. The van der Waals surface area contributed by atoms with E-state index in [0.717, 1.165) is 30.8 Å². The Morgan fingerprint density at radius 3 is 2.88 bits per heavy atom. The van der Waals surface area contributed by atoms with Crippen LogP contribution >= 0.6 is 0 Å². The number of nitrogens with zero attached hydrogens (tertiary/aromatic N) is 1. The molecule has 0 unspecified atom stereocenters. The van der Waals surface area contributed by atoms with Gasteiger partial charge in [0.2, 0.25) is 0 Å². The molecule has 0 spiro atoms. The Morgan fingerprint density at radius 1 is 1.29 bits per heavy atom. The lowest BCUT2D eigenvalue weighted by Gasteiger charge is -2.18. The minimum absolute atomic E-state index is 0.612. The summed E-state index contributed by atoms with van der Waals surface area (Å²) in [7, 11) is -3.32. The van der Waals surface area contributed by atoms with E-state index in [4.69, 9.17) is 4.74 Å². The largest absolute Gasteiger partial charge is 0.493 e. The van der Waals surface area contributed by atoms with Crippen LogP contribution in [-0.4, -0.2) is 32.4 Å². The molecule has 5 nitrogen and oxygen atoms in total. The SMILES string of the molecule is O=S(=O)(Nc1ccc2c(c1)CCCO2)N1CC1. The van der Waals surface area contributed by atoms with E-state index in [-0.39, 0.29) is 0 Å². The zero-order valence-electron chi connectivity index (χ0n) is 9.35. The summed E-state index contributed by atoms with van der Waals surface area (Å²) in [5.74, 6) is 0.867. The minimum Gasteiger partial charge on any atom is -0.493 e. The van der Waals surface area contributed by atoms with Crippen molar-refractivity contribution in [3.8, 4) is 5.75 Å². The van der Waals surface area contributed by atoms with Gasteiger partial charge in [0.1, 0.15) is 5.75 Å². The minimum atomic E-state index is -3.32. The summed E-state index contributed by atoms with van der Waals surface area (Å²) in [5.41, 5.74) is 1.68. The molecule has 0 saturated carbocycles. The summed E-state index contributed by atoms with van der Waals surface area (Å²) >= 11 is 0. The van der Waals surface area contributed by atoms with Gasteiger partial charge in [-0.15, -0.1) is 0 Å². The standard InChI is InChI=1S/C11H14N2O3S/c14-17(15,13-5-6-13)12-10-3-4-11-9(8-10)2-1-7-16-11/h3-4,8,12H,1-2,5-7H2. The number of hydrogen-bond acceptors (Lipinski definition) is 3. The van der Waals surface area contributed by atoms with E-state index in [2.05, 4.69) is 4.72 Å². The molecule has 1 aromatic carbocycles. The van der Waals surface area contributed by atoms with Crippen LogP contribution in [0.25, 0.3) is 0 Å². The first kappa shape index (κ1) is 10.9. The first-order valence-electron chi connectivity index (χ1n) is 5.69. The molecule has 1 N–H and O–H groups in total. The van der Waals surface area contributed by atoms with Crippen molar-refractivity contribution in [2.75, 3.05) is 24.4 Å². The molecule has 0 bridgehead atoms. The van der Waals surface area contributed by atoms with Crippen molar-refractivity contribution in [1.29, 1.82) is 0 Å². The van der Waals surface area contributed by atoms with Crippen molar-refractivity contribution in [2.24, 2.45) is 0 Å². The fraction of sp³-hybridized carbons (Fsp3) is 0.455. The van der Waals surface area contributed by atoms with Crippen molar-refractivity contribution in [3.05, 3.63) is 23.8 Å². The normalized spacial score (nSPS) is 19.3. The van der Waals surface area contributed by atoms with Crippen molar-refractivity contribution in [2.45, 2.75) is 12.8 Å². The average Bonchev–Trinajstić information content (AvgIpc) is 3.12. The Morgan fingerprint density at radius 2 is 2.12 bits per heavy atom. The van der Waals surface area contributed by atoms with Gasteiger partial charge in [-0.3, -0.25) is 4.72 Å². The van der Waals surface area contributed by atoms with E-state index < -0.39 is 10.2 Å². The average molecular weight is 254 g/mol. The summed E-state index contributed by atoms with van der Waals surface area (Å²) in [4.78, 5) is 0. The second kappa shape index (κ2) is 3.89. The summed E-state index contributed by atoms with van der Waals surface area (Å²) in [6.45, 7) is 1.97. The van der Waals surface area contributed by atoms with Crippen LogP contribution in [-0.2, 0) is 16.6 Å². The Labute approximate surface area is 101 Å². The molecule has 0 aliphatic carbocycles. The summed E-state index contributed by atoms with van der Waals surface area (Å²) < 4.78 is 32.9. The fourth-order valence-electron chi connectivity index (χ4n) is 1.92. The summed E-state index contributed by atoms with van der Waals surface area (Å²) in [6, 6.07) is 5.43. The third-order valence-corrected chi connectivity index (χ3v) is 4.44. The zero-order chi connectivity index (χ0) is 11.9. The molecule has 2 aliphatic heterocycles. The number of ether oxygens (including phenoxy) is 1. The van der Waals surface area contributed by atoms with Crippen molar-refractivity contribution in [3.63, 3.8) is 0 Å². The molecule has 0 amide bonds. The van der Waals surface area contributed by atoms with Gasteiger partial charge in [0.25, 0.3) is 0 Å². The van der Waals surface area contributed by atoms with Gasteiger partial charge in [-0.05, 0) is 36.6 Å². The fourth-order valence-corrected chi connectivity index (χ4v) is 3.03. The van der Waals surface area contributed by atoms with Gasteiger partial charge in [0.05, 0.1) is 12.3 Å². The molecular formula is C11H14N2O3S. The number of hydrogen-bond donors (Lipinski definition) is 1. The molecule has 0 radical (unpaired) electrons. The zero-order valence-corrected chi connectivity index (χ0v) is 10.2. The van der Waals surface area contributed by atoms with E-state index in [9.17, 15) is 8.42 Å². The van der Waals surface area contributed by atoms with Crippen LogP contribution in [0.3, 0.4) is 0 Å². The van der Waals surface area contributed by atoms with Gasteiger partial charge >= 0.3 is 10.2 Å². The van der Waals surface area contributed by atoms with Gasteiger partial charge in [-0.1, -0.05) is 0 Å². The smallest absolute Gasteiger partial charge is 0.301 e. The first-order valence-corrected chi connectivity index (χ1v) is 7.13. The van der Waals surface area contributed by atoms with E-state index in [1.54, 1.807) is 6.07 Å². The van der Waals surface area contributed by atoms with Crippen LogP contribution in [0.5, 0.6) is 5.75 Å². The highest BCUT2D eigenvalue weighted by molar-refractivity contribution is 7.90. The van der Waals surface area contributed by atoms with Gasteiger partial charge in [-0.25, -0.2) is 0 Å². The van der Waals surface area contributed by atoms with Gasteiger partial charge in [-0.2, -0.15) is 12.7 Å². The molecule has 1 saturated heterocycles. The second-order valence-corrected chi connectivity index (χ2v) is 5.95. The molecule has 3 rings (SSSR count). The number of rotatable bonds is 3. The van der Waals surface area contributed by atoms with Gasteiger partial charge in [0.15, 0.2) is 0 Å². The number of anilines is 1. The molecule has 1 fully saturated rings. The van der Waals surface area contributed by atoms with Gasteiger partial charge in [0, 0.05) is 13.1 Å². The third-order valence-electron chi connectivity index (χ3n) is 2.90. The summed E-state index contributed by atoms with van der Waals surface area (Å²) in [5, 5.41) is 0. The molecule has 92 valence electrons. The Bertz CT molecular complexity index is 538. The molecular weight excluding hydrogens is 240 g/mol. The quantitative estimate of drug-likeness (QED) is 0.818. The molecule has 1 aromatic rings. The van der Waals surface area contributed by atoms with Crippen LogP contribution < -0.4 is 9.46 Å². The van der Waals surface area contributed by atoms with Crippen LogP contribution in [0, 0.1) is 0 Å². The predicted octanol–water partition coefficient (Wildman–Crippen LogP) is 0.984. The third kappa shape index (κ3) is 2.23. The molecule has 0 aromatic heterocycles. The summed E-state index contributed by atoms with van der Waals surface area (Å²) in [6.07, 6.45) is 1.92. The van der Waals surface area contributed by atoms with Crippen LogP contribution in [0.15, 0.2) is 18.2 Å². The maximum atomic E-state index is 11.7. The van der Waals surface area contributed by atoms with Gasteiger partial charge < -0.3 is 4.74 Å². The Hall–Kier alpha value is -1.27. The second-order valence-electron chi connectivity index (χ2n) is 4.28. The first-order chi connectivity index (χ1) is 8.15. The topological polar surface area (TPSA) is 58.4 Å². The molecule has 2 heterocycles. The Balaban J connectivity index is 1.84. The predicted molar refractivity (Wildman–Crippen MR) is 64.4 cm³/mol. The van der Waals surface area contributed by atoms with E-state index in [0.29, 0.717) is 18.8 Å². The number of fused-ring (bicyclic) bond motifs is 1. The molecule has 6 heteroatoms. The maximum absolute atomic E-state index is 11.7. The van der Waals surface area contributed by atoms with Crippen LogP contribution in [0.2, 0.25) is 0 Å².